The maximum atomic E-state index is 13.9. The third-order valence-corrected chi connectivity index (χ3v) is 10.3. The lowest BCUT2D eigenvalue weighted by Crippen LogP contribution is -2.50. The van der Waals surface area contributed by atoms with E-state index >= 15 is 0 Å². The average molecular weight is 695 g/mol. The number of fused-ring (bicyclic) bond motifs is 2. The van der Waals surface area contributed by atoms with E-state index in [2.05, 4.69) is 20.6 Å². The highest BCUT2D eigenvalue weighted by molar-refractivity contribution is 7.90. The van der Waals surface area contributed by atoms with Crippen molar-refractivity contribution in [1.82, 2.24) is 24.2 Å². The highest BCUT2D eigenvalue weighted by Crippen LogP contribution is 2.39. The van der Waals surface area contributed by atoms with Gasteiger partial charge in [-0.1, -0.05) is 36.6 Å². The Morgan fingerprint density at radius 1 is 0.918 bits per heavy atom. The van der Waals surface area contributed by atoms with Crippen molar-refractivity contribution < 1.29 is 31.1 Å². The summed E-state index contributed by atoms with van der Waals surface area (Å²) in [6.07, 6.45) is 2.60. The Hall–Kier alpha value is -4.72. The van der Waals surface area contributed by atoms with Crippen LogP contribution < -0.4 is 10.6 Å². The number of pyridine rings is 1. The van der Waals surface area contributed by atoms with Crippen LogP contribution in [0.5, 0.6) is 0 Å². The second kappa shape index (κ2) is 12.6. The molecule has 1 aliphatic rings. The fourth-order valence-electron chi connectivity index (χ4n) is 6.12. The highest BCUT2D eigenvalue weighted by Gasteiger charge is 2.33. The topological polar surface area (TPSA) is 128 Å². The minimum absolute atomic E-state index is 0.0679. The van der Waals surface area contributed by atoms with E-state index in [4.69, 9.17) is 9.72 Å². The summed E-state index contributed by atoms with van der Waals surface area (Å²) in [6.45, 7) is 8.98. The van der Waals surface area contributed by atoms with E-state index < -0.39 is 33.5 Å². The lowest BCUT2D eigenvalue weighted by atomic mass is 9.90. The number of carbonyl (C=O) groups excluding carboxylic acids is 1. The lowest BCUT2D eigenvalue weighted by molar-refractivity contribution is -0.137. The molecule has 3 heterocycles. The van der Waals surface area contributed by atoms with Gasteiger partial charge in [0.25, 0.3) is 10.0 Å². The van der Waals surface area contributed by atoms with Crippen molar-refractivity contribution in [2.24, 2.45) is 0 Å². The number of nitrogens with one attached hydrogen (secondary N) is 2. The molecule has 0 saturated heterocycles. The summed E-state index contributed by atoms with van der Waals surface area (Å²) in [4.78, 5) is 26.4. The maximum absolute atomic E-state index is 13.9. The normalized spacial score (nSPS) is 17.3. The van der Waals surface area contributed by atoms with Gasteiger partial charge in [0.15, 0.2) is 0 Å². The third kappa shape index (κ3) is 7.05. The lowest BCUT2D eigenvalue weighted by Gasteiger charge is -2.33. The van der Waals surface area contributed by atoms with Crippen molar-refractivity contribution in [3.63, 3.8) is 0 Å². The Bertz CT molecular complexity index is 2160. The molecule has 49 heavy (non-hydrogen) atoms. The third-order valence-electron chi connectivity index (χ3n) is 8.57. The van der Waals surface area contributed by atoms with Crippen LogP contribution in [0.2, 0.25) is 0 Å². The van der Waals surface area contributed by atoms with Crippen LogP contribution in [0.25, 0.3) is 32.9 Å². The fraction of sp³-hybridized carbons (Fsp3) is 0.371. The predicted molar refractivity (Wildman–Crippen MR) is 181 cm³/mol. The van der Waals surface area contributed by atoms with Crippen molar-refractivity contribution in [2.75, 3.05) is 5.32 Å². The van der Waals surface area contributed by atoms with Gasteiger partial charge >= 0.3 is 12.3 Å². The van der Waals surface area contributed by atoms with Crippen LogP contribution in [0.3, 0.4) is 0 Å². The summed E-state index contributed by atoms with van der Waals surface area (Å²) >= 11 is 0. The minimum Gasteiger partial charge on any atom is -0.444 e. The first kappa shape index (κ1) is 34.2. The summed E-state index contributed by atoms with van der Waals surface area (Å²) in [5, 5.41) is 7.20. The number of halogens is 3. The van der Waals surface area contributed by atoms with Gasteiger partial charge in [-0.25, -0.2) is 27.2 Å². The molecule has 1 aliphatic carbocycles. The second-order valence-corrected chi connectivity index (χ2v) is 15.2. The number of alkyl carbamates (subject to hydrolysis) is 1. The first-order chi connectivity index (χ1) is 23.0. The molecule has 1 fully saturated rings. The molecule has 1 amide bonds. The molecule has 258 valence electrons. The number of hydrogen-bond donors (Lipinski definition) is 2. The van der Waals surface area contributed by atoms with Gasteiger partial charge < -0.3 is 15.4 Å². The van der Waals surface area contributed by atoms with Crippen LogP contribution in [0.15, 0.2) is 66.0 Å². The summed E-state index contributed by atoms with van der Waals surface area (Å²) in [7, 11) is -4.31. The number of aromatic nitrogens is 4. The van der Waals surface area contributed by atoms with E-state index in [1.165, 1.54) is 30.6 Å². The van der Waals surface area contributed by atoms with E-state index in [1.54, 1.807) is 46.0 Å². The average Bonchev–Trinajstić information content (AvgIpc) is 3.41. The van der Waals surface area contributed by atoms with Gasteiger partial charge in [-0.3, -0.25) is 4.98 Å². The molecular formula is C35H37F3N6O4S. The summed E-state index contributed by atoms with van der Waals surface area (Å²) in [5.41, 5.74) is 0.870. The van der Waals surface area contributed by atoms with Crippen LogP contribution in [0.4, 0.5) is 23.9 Å². The summed E-state index contributed by atoms with van der Waals surface area (Å²) in [6, 6.07) is 8.71. The number of alkyl halides is 3. The van der Waals surface area contributed by atoms with Gasteiger partial charge in [-0.05, 0) is 71.7 Å². The number of nitrogens with zero attached hydrogens (tertiary/aromatic N) is 4. The molecule has 0 bridgehead atoms. The van der Waals surface area contributed by atoms with Gasteiger partial charge in [0.1, 0.15) is 5.60 Å². The van der Waals surface area contributed by atoms with E-state index in [-0.39, 0.29) is 33.8 Å². The van der Waals surface area contributed by atoms with Crippen LogP contribution in [-0.2, 0) is 20.9 Å². The van der Waals surface area contributed by atoms with Crippen molar-refractivity contribution in [3.8, 4) is 11.1 Å². The van der Waals surface area contributed by atoms with Crippen LogP contribution in [-0.4, -0.2) is 51.1 Å². The van der Waals surface area contributed by atoms with Gasteiger partial charge in [0, 0.05) is 52.2 Å². The van der Waals surface area contributed by atoms with Crippen molar-refractivity contribution in [2.45, 2.75) is 89.1 Å². The Kier molecular flexibility index (Phi) is 8.80. The van der Waals surface area contributed by atoms with E-state index in [0.717, 1.165) is 47.4 Å². The Labute approximate surface area is 282 Å². The molecule has 0 aliphatic heterocycles. The second-order valence-electron chi connectivity index (χ2n) is 13.4. The largest absolute Gasteiger partial charge is 0.444 e. The summed E-state index contributed by atoms with van der Waals surface area (Å²) in [5.74, 6) is 0.276. The SMILES string of the molecule is Cc1ccc(S(=O)(=O)n2cc(-c3cnc(C)c4cnc(NC5CCCC[C@@H]5NC(=O)OC(C)(C)C)nc34)c3ccc(C(F)(F)F)cc32)cc1. The zero-order valence-corrected chi connectivity index (χ0v) is 28.5. The number of ether oxygens (including phenoxy) is 1. The van der Waals surface area contributed by atoms with Crippen LogP contribution in [0.1, 0.15) is 63.3 Å². The van der Waals surface area contributed by atoms with Gasteiger partial charge in [0.05, 0.1) is 27.5 Å². The molecule has 3 aromatic heterocycles. The first-order valence-corrected chi connectivity index (χ1v) is 17.4. The molecule has 1 unspecified atom stereocenters. The molecule has 0 radical (unpaired) electrons. The standard InChI is InChI=1S/C35H37F3N6O4S/c1-20-10-13-23(14-11-20)49(46,47)44-19-27(24-15-12-22(16-30(24)44)35(36,37)38)26-18-39-21(2)25-17-40-32(43-31(25)26)41-28-8-6-7-9-29(28)42-33(45)48-34(3,4)5/h10-19,28-29H,6-9H2,1-5H3,(H,42,45)(H,40,41,43)/t28?,29-/m0/s1. The monoisotopic (exact) mass is 694 g/mol. The molecule has 6 rings (SSSR count). The molecular weight excluding hydrogens is 657 g/mol. The molecule has 0 spiro atoms. The first-order valence-electron chi connectivity index (χ1n) is 15.9. The van der Waals surface area contributed by atoms with Crippen molar-refractivity contribution in [3.05, 3.63) is 77.9 Å². The number of benzene rings is 2. The molecule has 1 saturated carbocycles. The minimum atomic E-state index is -4.70. The molecule has 2 N–H and O–H groups in total. The Morgan fingerprint density at radius 3 is 2.29 bits per heavy atom. The molecule has 2 atom stereocenters. The summed E-state index contributed by atoms with van der Waals surface area (Å²) < 4.78 is 75.9. The van der Waals surface area contributed by atoms with Crippen LogP contribution >= 0.6 is 0 Å². The van der Waals surface area contributed by atoms with Gasteiger partial charge in [0.2, 0.25) is 5.95 Å². The number of anilines is 1. The van der Waals surface area contributed by atoms with Gasteiger partial charge in [-0.15, -0.1) is 0 Å². The number of rotatable bonds is 6. The zero-order valence-electron chi connectivity index (χ0n) is 27.7. The maximum Gasteiger partial charge on any atom is 0.416 e. The highest BCUT2D eigenvalue weighted by atomic mass is 32.2. The molecule has 10 nitrogen and oxygen atoms in total. The van der Waals surface area contributed by atoms with Crippen molar-refractivity contribution >= 4 is 43.9 Å². The van der Waals surface area contributed by atoms with Crippen LogP contribution in [0, 0.1) is 13.8 Å². The molecule has 5 aromatic rings. The Balaban J connectivity index is 1.46. The van der Waals surface area contributed by atoms with E-state index in [1.807, 2.05) is 6.92 Å². The zero-order chi connectivity index (χ0) is 35.3. The number of aryl methyl sites for hydroxylation is 2. The quantitative estimate of drug-likeness (QED) is 0.185. The Morgan fingerprint density at radius 2 is 1.61 bits per heavy atom. The smallest absolute Gasteiger partial charge is 0.416 e. The predicted octanol–water partition coefficient (Wildman–Crippen LogP) is 7.77. The number of carbonyl (C=O) groups is 1. The number of amides is 1. The fourth-order valence-corrected chi connectivity index (χ4v) is 7.48. The molecule has 2 aromatic carbocycles. The van der Waals surface area contributed by atoms with E-state index in [0.29, 0.717) is 27.7 Å². The van der Waals surface area contributed by atoms with Crippen molar-refractivity contribution in [1.29, 1.82) is 0 Å². The number of hydrogen-bond acceptors (Lipinski definition) is 8. The van der Waals surface area contributed by atoms with Gasteiger partial charge in [-0.2, -0.15) is 13.2 Å². The molecule has 14 heteroatoms. The van der Waals surface area contributed by atoms with E-state index in [9.17, 15) is 26.4 Å².